The lowest BCUT2D eigenvalue weighted by Crippen LogP contribution is -2.21. The molecular weight excluding hydrogens is 267 g/mol. The number of benzene rings is 1. The molecule has 20 heavy (non-hydrogen) atoms. The summed E-state index contributed by atoms with van der Waals surface area (Å²) in [6.07, 6.45) is 0.458. The summed E-state index contributed by atoms with van der Waals surface area (Å²) < 4.78 is 40.2. The summed E-state index contributed by atoms with van der Waals surface area (Å²) in [5.74, 6) is -0.202. The van der Waals surface area contributed by atoms with Gasteiger partial charge in [-0.15, -0.1) is 13.2 Å². The van der Waals surface area contributed by atoms with Gasteiger partial charge in [-0.1, -0.05) is 11.6 Å². The highest BCUT2D eigenvalue weighted by molar-refractivity contribution is 5.55. The van der Waals surface area contributed by atoms with E-state index in [0.29, 0.717) is 0 Å². The maximum Gasteiger partial charge on any atom is 0.573 e. The van der Waals surface area contributed by atoms with Crippen LogP contribution in [0.25, 0.3) is 0 Å². The van der Waals surface area contributed by atoms with Crippen LogP contribution in [0.1, 0.15) is 20.3 Å². The van der Waals surface area contributed by atoms with Crippen LogP contribution in [-0.2, 0) is 0 Å². The molecule has 0 radical (unpaired) electrons. The van der Waals surface area contributed by atoms with Crippen LogP contribution < -0.4 is 9.64 Å². The van der Waals surface area contributed by atoms with Crippen molar-refractivity contribution in [2.75, 3.05) is 11.4 Å². The molecular formula is C15H16F3NO. The van der Waals surface area contributed by atoms with Crippen molar-refractivity contribution in [1.29, 1.82) is 0 Å². The first-order valence-electron chi connectivity index (χ1n) is 6.33. The van der Waals surface area contributed by atoms with Crippen molar-refractivity contribution >= 4 is 5.69 Å². The van der Waals surface area contributed by atoms with Gasteiger partial charge in [-0.2, -0.15) is 0 Å². The van der Waals surface area contributed by atoms with Gasteiger partial charge in [0.15, 0.2) is 0 Å². The molecule has 0 aromatic heterocycles. The minimum absolute atomic E-state index is 0.202. The Hall–Kier alpha value is -1.91. The van der Waals surface area contributed by atoms with Crippen molar-refractivity contribution in [3.05, 3.63) is 47.7 Å². The van der Waals surface area contributed by atoms with E-state index >= 15 is 0 Å². The second-order valence-corrected chi connectivity index (χ2v) is 4.72. The Morgan fingerprint density at radius 1 is 1.10 bits per heavy atom. The smallest absolute Gasteiger partial charge is 0.406 e. The van der Waals surface area contributed by atoms with E-state index in [9.17, 15) is 13.2 Å². The molecule has 0 atom stereocenters. The Kier molecular flexibility index (Phi) is 4.06. The molecule has 1 aromatic carbocycles. The quantitative estimate of drug-likeness (QED) is 0.783. The highest BCUT2D eigenvalue weighted by Gasteiger charge is 2.31. The van der Waals surface area contributed by atoms with E-state index in [2.05, 4.69) is 21.8 Å². The van der Waals surface area contributed by atoms with Gasteiger partial charge in [0.2, 0.25) is 0 Å². The number of anilines is 1. The van der Waals surface area contributed by atoms with Gasteiger partial charge in [-0.3, -0.25) is 0 Å². The maximum absolute atomic E-state index is 12.1. The van der Waals surface area contributed by atoms with E-state index in [4.69, 9.17) is 0 Å². The van der Waals surface area contributed by atoms with E-state index in [1.54, 1.807) is 12.1 Å². The normalized spacial score (nSPS) is 16.4. The van der Waals surface area contributed by atoms with Gasteiger partial charge in [0.1, 0.15) is 5.75 Å². The predicted octanol–water partition coefficient (Wildman–Crippen LogP) is 4.65. The number of nitrogens with zero attached hydrogens (tertiary/aromatic N) is 1. The van der Waals surface area contributed by atoms with Gasteiger partial charge in [0.25, 0.3) is 0 Å². The molecule has 108 valence electrons. The summed E-state index contributed by atoms with van der Waals surface area (Å²) in [6.45, 7) is 4.83. The zero-order valence-electron chi connectivity index (χ0n) is 11.4. The van der Waals surface area contributed by atoms with Crippen molar-refractivity contribution in [2.24, 2.45) is 0 Å². The lowest BCUT2D eigenvalue weighted by Gasteiger charge is -2.24. The molecule has 1 aliphatic heterocycles. The van der Waals surface area contributed by atoms with Crippen molar-refractivity contribution < 1.29 is 17.9 Å². The number of rotatable bonds is 2. The van der Waals surface area contributed by atoms with Crippen LogP contribution in [0.15, 0.2) is 47.7 Å². The van der Waals surface area contributed by atoms with E-state index < -0.39 is 6.36 Å². The zero-order valence-corrected chi connectivity index (χ0v) is 11.4. The topological polar surface area (TPSA) is 12.5 Å². The molecule has 0 bridgehead atoms. The first kappa shape index (κ1) is 14.5. The van der Waals surface area contributed by atoms with Gasteiger partial charge in [-0.05, 0) is 50.6 Å². The summed E-state index contributed by atoms with van der Waals surface area (Å²) in [5, 5.41) is 0. The molecule has 1 aliphatic rings. The van der Waals surface area contributed by atoms with Crippen LogP contribution in [0.2, 0.25) is 0 Å². The molecule has 0 saturated carbocycles. The molecule has 0 spiro atoms. The third kappa shape index (κ3) is 3.79. The summed E-state index contributed by atoms with van der Waals surface area (Å²) in [6, 6.07) is 5.95. The zero-order chi connectivity index (χ0) is 14.8. The number of alkyl halides is 3. The van der Waals surface area contributed by atoms with E-state index in [1.807, 2.05) is 13.8 Å². The standard InChI is InChI=1S/C15H16F3NO/c1-11-4-3-9-19(12(2)10-11)13-5-7-14(8-6-13)20-15(16,17)18/h4-8,10H,3,9H2,1-2H3. The molecule has 5 heteroatoms. The number of hydrogen-bond donors (Lipinski definition) is 0. The highest BCUT2D eigenvalue weighted by atomic mass is 19.4. The van der Waals surface area contributed by atoms with E-state index in [1.165, 1.54) is 17.7 Å². The van der Waals surface area contributed by atoms with Crippen LogP contribution in [0.5, 0.6) is 5.75 Å². The summed E-state index contributed by atoms with van der Waals surface area (Å²) >= 11 is 0. The average molecular weight is 283 g/mol. The molecule has 1 heterocycles. The van der Waals surface area contributed by atoms with Crippen molar-refractivity contribution in [1.82, 2.24) is 0 Å². The summed E-state index contributed by atoms with van der Waals surface area (Å²) in [5.41, 5.74) is 3.12. The third-order valence-electron chi connectivity index (χ3n) is 3.06. The van der Waals surface area contributed by atoms with Crippen LogP contribution in [-0.4, -0.2) is 12.9 Å². The van der Waals surface area contributed by atoms with Gasteiger partial charge < -0.3 is 9.64 Å². The fourth-order valence-electron chi connectivity index (χ4n) is 2.22. The molecule has 2 nitrogen and oxygen atoms in total. The Balaban J connectivity index is 2.16. The van der Waals surface area contributed by atoms with Gasteiger partial charge in [0.05, 0.1) is 0 Å². The Morgan fingerprint density at radius 2 is 1.75 bits per heavy atom. The first-order chi connectivity index (χ1) is 9.35. The largest absolute Gasteiger partial charge is 0.573 e. The number of hydrogen-bond acceptors (Lipinski definition) is 2. The van der Waals surface area contributed by atoms with Gasteiger partial charge in [0, 0.05) is 17.9 Å². The first-order valence-corrected chi connectivity index (χ1v) is 6.33. The monoisotopic (exact) mass is 283 g/mol. The van der Waals surface area contributed by atoms with Crippen molar-refractivity contribution in [3.63, 3.8) is 0 Å². The van der Waals surface area contributed by atoms with Crippen molar-refractivity contribution in [3.8, 4) is 5.75 Å². The number of allylic oxidation sites excluding steroid dienone is 3. The third-order valence-corrected chi connectivity index (χ3v) is 3.06. The molecule has 0 aliphatic carbocycles. The van der Waals surface area contributed by atoms with Crippen LogP contribution in [0.3, 0.4) is 0 Å². The van der Waals surface area contributed by atoms with Gasteiger partial charge >= 0.3 is 6.36 Å². The SMILES string of the molecule is CC1=CCCN(c2ccc(OC(F)(F)F)cc2)C(C)=C1. The molecule has 0 unspecified atom stereocenters. The summed E-state index contributed by atoms with van der Waals surface area (Å²) in [4.78, 5) is 2.07. The lowest BCUT2D eigenvalue weighted by molar-refractivity contribution is -0.274. The second-order valence-electron chi connectivity index (χ2n) is 4.72. The van der Waals surface area contributed by atoms with Crippen LogP contribution >= 0.6 is 0 Å². The maximum atomic E-state index is 12.1. The fraction of sp³-hybridized carbons (Fsp3) is 0.333. The average Bonchev–Trinajstić information content (AvgIpc) is 2.49. The second kappa shape index (κ2) is 5.61. The fourth-order valence-corrected chi connectivity index (χ4v) is 2.22. The molecule has 0 N–H and O–H groups in total. The molecule has 0 saturated heterocycles. The van der Waals surface area contributed by atoms with Crippen molar-refractivity contribution in [2.45, 2.75) is 26.6 Å². The predicted molar refractivity (Wildman–Crippen MR) is 72.6 cm³/mol. The summed E-state index contributed by atoms with van der Waals surface area (Å²) in [7, 11) is 0. The Labute approximate surface area is 116 Å². The molecule has 2 rings (SSSR count). The number of halogens is 3. The molecule has 1 aromatic rings. The minimum atomic E-state index is -4.65. The lowest BCUT2D eigenvalue weighted by atomic mass is 10.2. The molecule has 0 amide bonds. The van der Waals surface area contributed by atoms with E-state index in [0.717, 1.165) is 24.4 Å². The van der Waals surface area contributed by atoms with Crippen LogP contribution in [0, 0.1) is 0 Å². The van der Waals surface area contributed by atoms with Crippen LogP contribution in [0.4, 0.5) is 18.9 Å². The van der Waals surface area contributed by atoms with Gasteiger partial charge in [-0.25, -0.2) is 0 Å². The Bertz CT molecular complexity index is 529. The minimum Gasteiger partial charge on any atom is -0.406 e. The van der Waals surface area contributed by atoms with E-state index in [-0.39, 0.29) is 5.75 Å². The Morgan fingerprint density at radius 3 is 2.35 bits per heavy atom. The highest BCUT2D eigenvalue weighted by Crippen LogP contribution is 2.28. The molecule has 0 fully saturated rings. The number of ether oxygens (including phenoxy) is 1.